The van der Waals surface area contributed by atoms with E-state index in [0.29, 0.717) is 13.1 Å². The van der Waals surface area contributed by atoms with Crippen molar-refractivity contribution in [2.45, 2.75) is 0 Å². The highest BCUT2D eigenvalue weighted by atomic mass is 16.2. The van der Waals surface area contributed by atoms with Crippen LogP contribution in [0.3, 0.4) is 0 Å². The van der Waals surface area contributed by atoms with E-state index in [1.54, 1.807) is 12.2 Å². The summed E-state index contributed by atoms with van der Waals surface area (Å²) in [6, 6.07) is 0. The Bertz CT molecular complexity index is 279. The third-order valence-electron chi connectivity index (χ3n) is 1.31. The molecule has 0 radical (unpaired) electrons. The molecule has 1 aromatic rings. The van der Waals surface area contributed by atoms with E-state index in [4.69, 9.17) is 5.73 Å². The van der Waals surface area contributed by atoms with Crippen LogP contribution in [0, 0.1) is 0 Å². The van der Waals surface area contributed by atoms with Gasteiger partial charge in [0.2, 0.25) is 5.82 Å². The molecular formula is C7H11N5O. The second-order valence-corrected chi connectivity index (χ2v) is 2.25. The van der Waals surface area contributed by atoms with E-state index < -0.39 is 0 Å². The highest BCUT2D eigenvalue weighted by Crippen LogP contribution is 1.83. The summed E-state index contributed by atoms with van der Waals surface area (Å²) < 4.78 is 0. The summed E-state index contributed by atoms with van der Waals surface area (Å²) >= 11 is 0. The fourth-order valence-electron chi connectivity index (χ4n) is 0.730. The van der Waals surface area contributed by atoms with Crippen molar-refractivity contribution in [1.82, 2.24) is 20.5 Å². The number of H-pyrrole nitrogens is 1. The van der Waals surface area contributed by atoms with Crippen molar-refractivity contribution in [3.8, 4) is 0 Å². The maximum Gasteiger partial charge on any atom is 0.288 e. The smallest absolute Gasteiger partial charge is 0.288 e. The SMILES string of the molecule is NC/C=C/CNC(=O)c1ncn[nH]1. The van der Waals surface area contributed by atoms with Crippen molar-refractivity contribution in [3.05, 3.63) is 24.3 Å². The molecule has 70 valence electrons. The Balaban J connectivity index is 2.31. The third kappa shape index (κ3) is 3.04. The van der Waals surface area contributed by atoms with Crippen LogP contribution in [-0.4, -0.2) is 34.2 Å². The van der Waals surface area contributed by atoms with Gasteiger partial charge < -0.3 is 11.1 Å². The molecule has 0 saturated heterocycles. The Labute approximate surface area is 75.2 Å². The van der Waals surface area contributed by atoms with Gasteiger partial charge in [-0.15, -0.1) is 0 Å². The van der Waals surface area contributed by atoms with Crippen molar-refractivity contribution in [2.75, 3.05) is 13.1 Å². The maximum absolute atomic E-state index is 11.2. The largest absolute Gasteiger partial charge is 0.346 e. The molecule has 13 heavy (non-hydrogen) atoms. The zero-order valence-corrected chi connectivity index (χ0v) is 7.03. The van der Waals surface area contributed by atoms with Gasteiger partial charge in [0, 0.05) is 13.1 Å². The van der Waals surface area contributed by atoms with Crippen LogP contribution in [0.4, 0.5) is 0 Å². The van der Waals surface area contributed by atoms with Gasteiger partial charge in [-0.3, -0.25) is 9.89 Å². The van der Waals surface area contributed by atoms with Crippen LogP contribution in [0.1, 0.15) is 10.6 Å². The van der Waals surface area contributed by atoms with E-state index in [-0.39, 0.29) is 11.7 Å². The minimum Gasteiger partial charge on any atom is -0.346 e. The van der Waals surface area contributed by atoms with Gasteiger partial charge in [0.1, 0.15) is 6.33 Å². The quantitative estimate of drug-likeness (QED) is 0.522. The van der Waals surface area contributed by atoms with Crippen LogP contribution >= 0.6 is 0 Å². The van der Waals surface area contributed by atoms with Crippen LogP contribution in [0.25, 0.3) is 0 Å². The maximum atomic E-state index is 11.2. The topological polar surface area (TPSA) is 96.7 Å². The second-order valence-electron chi connectivity index (χ2n) is 2.25. The van der Waals surface area contributed by atoms with Crippen molar-refractivity contribution in [3.63, 3.8) is 0 Å². The number of amides is 1. The van der Waals surface area contributed by atoms with Gasteiger partial charge in [-0.25, -0.2) is 4.98 Å². The molecule has 0 aliphatic rings. The lowest BCUT2D eigenvalue weighted by Gasteiger charge is -1.96. The molecule has 1 amide bonds. The van der Waals surface area contributed by atoms with E-state index in [1.807, 2.05) is 0 Å². The normalized spacial score (nSPS) is 10.5. The van der Waals surface area contributed by atoms with Crippen LogP contribution < -0.4 is 11.1 Å². The highest BCUT2D eigenvalue weighted by Gasteiger charge is 2.05. The first-order valence-corrected chi connectivity index (χ1v) is 3.83. The summed E-state index contributed by atoms with van der Waals surface area (Å²) in [6.07, 6.45) is 4.82. The summed E-state index contributed by atoms with van der Waals surface area (Å²) in [5.41, 5.74) is 5.21. The van der Waals surface area contributed by atoms with Gasteiger partial charge in [-0.05, 0) is 0 Å². The summed E-state index contributed by atoms with van der Waals surface area (Å²) in [4.78, 5) is 14.8. The predicted molar refractivity (Wildman–Crippen MR) is 46.9 cm³/mol. The third-order valence-corrected chi connectivity index (χ3v) is 1.31. The molecule has 0 bridgehead atoms. The van der Waals surface area contributed by atoms with E-state index in [1.165, 1.54) is 6.33 Å². The molecule has 0 aliphatic carbocycles. The number of nitrogens with zero attached hydrogens (tertiary/aromatic N) is 2. The first kappa shape index (κ1) is 9.40. The fraction of sp³-hybridized carbons (Fsp3) is 0.286. The molecule has 0 aliphatic heterocycles. The Morgan fingerprint density at radius 3 is 3.15 bits per heavy atom. The zero-order valence-electron chi connectivity index (χ0n) is 7.03. The number of aromatic amines is 1. The number of hydrogen-bond donors (Lipinski definition) is 3. The standard InChI is InChI=1S/C7H11N5O/c8-3-1-2-4-9-7(13)6-10-5-11-12-6/h1-2,5H,3-4,8H2,(H,9,13)(H,10,11,12)/b2-1+. The van der Waals surface area contributed by atoms with Crippen LogP contribution in [-0.2, 0) is 0 Å². The van der Waals surface area contributed by atoms with Crippen molar-refractivity contribution in [2.24, 2.45) is 5.73 Å². The molecule has 0 fully saturated rings. The Morgan fingerprint density at radius 1 is 1.69 bits per heavy atom. The number of carbonyl (C=O) groups is 1. The Kier molecular flexibility index (Phi) is 3.65. The van der Waals surface area contributed by atoms with E-state index in [9.17, 15) is 4.79 Å². The molecular weight excluding hydrogens is 170 g/mol. The predicted octanol–water partition coefficient (Wildman–Crippen LogP) is -0.951. The average molecular weight is 181 g/mol. The fourth-order valence-corrected chi connectivity index (χ4v) is 0.730. The number of hydrogen-bond acceptors (Lipinski definition) is 4. The number of nitrogens with one attached hydrogen (secondary N) is 2. The molecule has 1 rings (SSSR count). The molecule has 0 aromatic carbocycles. The molecule has 1 heterocycles. The van der Waals surface area contributed by atoms with Gasteiger partial charge in [0.05, 0.1) is 0 Å². The monoisotopic (exact) mass is 181 g/mol. The lowest BCUT2D eigenvalue weighted by Crippen LogP contribution is -2.24. The number of rotatable bonds is 4. The van der Waals surface area contributed by atoms with Crippen LogP contribution in [0.5, 0.6) is 0 Å². The van der Waals surface area contributed by atoms with Gasteiger partial charge >= 0.3 is 0 Å². The van der Waals surface area contributed by atoms with E-state index in [0.717, 1.165) is 0 Å². The lowest BCUT2D eigenvalue weighted by molar-refractivity contribution is 0.0948. The van der Waals surface area contributed by atoms with E-state index in [2.05, 4.69) is 20.5 Å². The Morgan fingerprint density at radius 2 is 2.54 bits per heavy atom. The average Bonchev–Trinajstić information content (AvgIpc) is 2.65. The number of aromatic nitrogens is 3. The first-order chi connectivity index (χ1) is 6.34. The Hall–Kier alpha value is -1.69. The summed E-state index contributed by atoms with van der Waals surface area (Å²) in [5.74, 6) is -0.0691. The number of carbonyl (C=O) groups excluding carboxylic acids is 1. The van der Waals surface area contributed by atoms with Crippen LogP contribution in [0.2, 0.25) is 0 Å². The molecule has 6 nitrogen and oxygen atoms in total. The van der Waals surface area contributed by atoms with Crippen LogP contribution in [0.15, 0.2) is 18.5 Å². The lowest BCUT2D eigenvalue weighted by atomic mass is 10.4. The molecule has 0 saturated carbocycles. The first-order valence-electron chi connectivity index (χ1n) is 3.83. The van der Waals surface area contributed by atoms with Gasteiger partial charge in [-0.1, -0.05) is 12.2 Å². The van der Waals surface area contributed by atoms with Crippen molar-refractivity contribution in [1.29, 1.82) is 0 Å². The molecule has 0 spiro atoms. The summed E-state index contributed by atoms with van der Waals surface area (Å²) in [5, 5.41) is 8.61. The van der Waals surface area contributed by atoms with Gasteiger partial charge in [0.15, 0.2) is 0 Å². The molecule has 0 unspecified atom stereocenters. The summed E-state index contributed by atoms with van der Waals surface area (Å²) in [7, 11) is 0. The number of nitrogens with two attached hydrogens (primary N) is 1. The zero-order chi connectivity index (χ0) is 9.52. The second kappa shape index (κ2) is 5.04. The molecule has 1 aromatic heterocycles. The highest BCUT2D eigenvalue weighted by molar-refractivity contribution is 5.90. The molecule has 4 N–H and O–H groups in total. The van der Waals surface area contributed by atoms with Gasteiger partial charge in [-0.2, -0.15) is 5.10 Å². The minimum atomic E-state index is -0.279. The molecule has 6 heteroatoms. The summed E-state index contributed by atoms with van der Waals surface area (Å²) in [6.45, 7) is 0.912. The van der Waals surface area contributed by atoms with E-state index >= 15 is 0 Å². The molecule has 0 atom stereocenters. The van der Waals surface area contributed by atoms with Gasteiger partial charge in [0.25, 0.3) is 5.91 Å². The van der Waals surface area contributed by atoms with Crippen molar-refractivity contribution >= 4 is 5.91 Å². The van der Waals surface area contributed by atoms with Crippen molar-refractivity contribution < 1.29 is 4.79 Å². The minimum absolute atomic E-state index is 0.209.